The third kappa shape index (κ3) is 4.50. The zero-order valence-electron chi connectivity index (χ0n) is 14.1. The molecule has 0 unspecified atom stereocenters. The highest BCUT2D eigenvalue weighted by atomic mass is 19.4. The molecule has 1 aromatic rings. The first-order valence-electron chi connectivity index (χ1n) is 8.38. The van der Waals surface area contributed by atoms with E-state index in [9.17, 15) is 18.0 Å². The first-order chi connectivity index (χ1) is 11.3. The largest absolute Gasteiger partial charge is 0.416 e. The Kier molecular flexibility index (Phi) is 6.27. The zero-order valence-corrected chi connectivity index (χ0v) is 14.1. The van der Waals surface area contributed by atoms with Crippen molar-refractivity contribution in [2.45, 2.75) is 45.3 Å². The fourth-order valence-corrected chi connectivity index (χ4v) is 3.27. The van der Waals surface area contributed by atoms with E-state index in [-0.39, 0.29) is 29.9 Å². The number of alkyl halides is 3. The molecule has 1 fully saturated rings. The third-order valence-electron chi connectivity index (χ3n) is 4.56. The number of nitrogens with zero attached hydrogens (tertiary/aromatic N) is 1. The van der Waals surface area contributed by atoms with Gasteiger partial charge in [-0.25, -0.2) is 0 Å². The first-order valence-corrected chi connectivity index (χ1v) is 8.38. The van der Waals surface area contributed by atoms with Gasteiger partial charge in [0.2, 0.25) is 5.91 Å². The number of carbonyl (C=O) groups is 1. The predicted octanol–water partition coefficient (Wildman–Crippen LogP) is 3.91. The second-order valence-corrected chi connectivity index (χ2v) is 6.22. The van der Waals surface area contributed by atoms with Gasteiger partial charge in [0.05, 0.1) is 5.56 Å². The molecule has 3 nitrogen and oxygen atoms in total. The van der Waals surface area contributed by atoms with Crippen molar-refractivity contribution < 1.29 is 22.7 Å². The summed E-state index contributed by atoms with van der Waals surface area (Å²) in [6.45, 7) is 5.31. The molecule has 2 rings (SSSR count). The van der Waals surface area contributed by atoms with Gasteiger partial charge in [0.15, 0.2) is 0 Å². The van der Waals surface area contributed by atoms with Crippen molar-refractivity contribution in [2.24, 2.45) is 5.92 Å². The molecular weight excluding hydrogens is 319 g/mol. The normalized spacial score (nSPS) is 17.5. The van der Waals surface area contributed by atoms with Gasteiger partial charge < -0.3 is 9.64 Å². The number of rotatable bonds is 5. The summed E-state index contributed by atoms with van der Waals surface area (Å²) in [4.78, 5) is 14.4. The average molecular weight is 343 g/mol. The Morgan fingerprint density at radius 2 is 1.92 bits per heavy atom. The maximum absolute atomic E-state index is 13.1. The number of carbonyl (C=O) groups excluding carboxylic acids is 1. The monoisotopic (exact) mass is 343 g/mol. The smallest absolute Gasteiger partial charge is 0.381 e. The number of halogens is 3. The van der Waals surface area contributed by atoms with E-state index in [2.05, 4.69) is 0 Å². The second-order valence-electron chi connectivity index (χ2n) is 6.22. The van der Waals surface area contributed by atoms with Crippen LogP contribution in [0.5, 0.6) is 0 Å². The summed E-state index contributed by atoms with van der Waals surface area (Å²) in [6.07, 6.45) is -2.82. The summed E-state index contributed by atoms with van der Waals surface area (Å²) in [6, 6.07) is 5.30. The molecule has 1 aliphatic rings. The molecule has 0 N–H and O–H groups in total. The Balaban J connectivity index is 2.12. The molecule has 0 saturated carbocycles. The van der Waals surface area contributed by atoms with E-state index < -0.39 is 11.7 Å². The summed E-state index contributed by atoms with van der Waals surface area (Å²) >= 11 is 0. The maximum Gasteiger partial charge on any atom is 0.416 e. The van der Waals surface area contributed by atoms with Crippen LogP contribution in [0.4, 0.5) is 13.2 Å². The Morgan fingerprint density at radius 1 is 1.29 bits per heavy atom. The van der Waals surface area contributed by atoms with Gasteiger partial charge in [-0.2, -0.15) is 13.2 Å². The van der Waals surface area contributed by atoms with Crippen LogP contribution in [0.1, 0.15) is 37.8 Å². The lowest BCUT2D eigenvalue weighted by atomic mass is 9.95. The standard InChI is InChI=1S/C18H24F3NO2/c1-3-22(17(23)14-8-10-24-11-9-14)13(2)12-15-6-4-5-7-16(15)18(19,20)21/h4-7,13-14H,3,8-12H2,1-2H3/t13-/m0/s1. The van der Waals surface area contributed by atoms with Gasteiger partial charge in [-0.05, 0) is 44.7 Å². The molecule has 1 atom stereocenters. The Labute approximate surface area is 140 Å². The van der Waals surface area contributed by atoms with Crippen molar-refractivity contribution in [1.82, 2.24) is 4.90 Å². The van der Waals surface area contributed by atoms with Crippen LogP contribution in [0, 0.1) is 5.92 Å². The van der Waals surface area contributed by atoms with Crippen molar-refractivity contribution in [3.8, 4) is 0 Å². The van der Waals surface area contributed by atoms with E-state index >= 15 is 0 Å². The Hall–Kier alpha value is -1.56. The van der Waals surface area contributed by atoms with Crippen LogP contribution in [0.2, 0.25) is 0 Å². The lowest BCUT2D eigenvalue weighted by Crippen LogP contribution is -2.44. The van der Waals surface area contributed by atoms with E-state index in [1.807, 2.05) is 13.8 Å². The van der Waals surface area contributed by atoms with Crippen molar-refractivity contribution in [3.05, 3.63) is 35.4 Å². The molecule has 24 heavy (non-hydrogen) atoms. The number of ether oxygens (including phenoxy) is 1. The first kappa shape index (κ1) is 18.8. The fraction of sp³-hybridized carbons (Fsp3) is 0.611. The highest BCUT2D eigenvalue weighted by Gasteiger charge is 2.34. The SMILES string of the molecule is CCN(C(=O)C1CCOCC1)[C@@H](C)Cc1ccccc1C(F)(F)F. The molecular formula is C18H24F3NO2. The van der Waals surface area contributed by atoms with Gasteiger partial charge >= 0.3 is 6.18 Å². The lowest BCUT2D eigenvalue weighted by molar-refractivity contribution is -0.140. The topological polar surface area (TPSA) is 29.5 Å². The number of hydrogen-bond acceptors (Lipinski definition) is 2. The minimum atomic E-state index is -4.38. The van der Waals surface area contributed by atoms with E-state index in [0.717, 1.165) is 6.07 Å². The quantitative estimate of drug-likeness (QED) is 0.811. The van der Waals surface area contributed by atoms with Crippen LogP contribution < -0.4 is 0 Å². The van der Waals surface area contributed by atoms with Crippen LogP contribution in [-0.2, 0) is 22.1 Å². The van der Waals surface area contributed by atoms with Crippen LogP contribution in [0.15, 0.2) is 24.3 Å². The summed E-state index contributed by atoms with van der Waals surface area (Å²) in [5.74, 6) is -0.0585. The van der Waals surface area contributed by atoms with Crippen molar-refractivity contribution in [3.63, 3.8) is 0 Å². The van der Waals surface area contributed by atoms with Crippen LogP contribution >= 0.6 is 0 Å². The van der Waals surface area contributed by atoms with E-state index in [1.165, 1.54) is 12.1 Å². The summed E-state index contributed by atoms with van der Waals surface area (Å²) < 4.78 is 44.7. The maximum atomic E-state index is 13.1. The van der Waals surface area contributed by atoms with Crippen molar-refractivity contribution in [2.75, 3.05) is 19.8 Å². The molecule has 0 aliphatic carbocycles. The van der Waals surface area contributed by atoms with E-state index in [4.69, 9.17) is 4.74 Å². The molecule has 0 radical (unpaired) electrons. The average Bonchev–Trinajstić information content (AvgIpc) is 2.55. The number of likely N-dealkylation sites (N-methyl/N-ethyl adjacent to an activating group) is 1. The van der Waals surface area contributed by atoms with Gasteiger partial charge in [0, 0.05) is 31.7 Å². The zero-order chi connectivity index (χ0) is 17.7. The van der Waals surface area contributed by atoms with Gasteiger partial charge in [0.25, 0.3) is 0 Å². The van der Waals surface area contributed by atoms with E-state index in [1.54, 1.807) is 11.0 Å². The predicted molar refractivity (Wildman–Crippen MR) is 85.5 cm³/mol. The summed E-state index contributed by atoms with van der Waals surface area (Å²) in [7, 11) is 0. The number of benzene rings is 1. The number of amides is 1. The van der Waals surface area contributed by atoms with Gasteiger partial charge in [-0.15, -0.1) is 0 Å². The molecule has 1 aliphatic heterocycles. The minimum Gasteiger partial charge on any atom is -0.381 e. The summed E-state index contributed by atoms with van der Waals surface area (Å²) in [5, 5.41) is 0. The molecule has 0 bridgehead atoms. The molecule has 0 aromatic heterocycles. The molecule has 1 heterocycles. The van der Waals surface area contributed by atoms with E-state index in [0.29, 0.717) is 32.6 Å². The fourth-order valence-electron chi connectivity index (χ4n) is 3.27. The van der Waals surface area contributed by atoms with Gasteiger partial charge in [0.1, 0.15) is 0 Å². The minimum absolute atomic E-state index is 0.0257. The molecule has 134 valence electrons. The highest BCUT2D eigenvalue weighted by Crippen LogP contribution is 2.33. The van der Waals surface area contributed by atoms with Crippen molar-refractivity contribution in [1.29, 1.82) is 0 Å². The van der Waals surface area contributed by atoms with Crippen LogP contribution in [0.3, 0.4) is 0 Å². The van der Waals surface area contributed by atoms with Gasteiger partial charge in [-0.3, -0.25) is 4.79 Å². The van der Waals surface area contributed by atoms with Crippen LogP contribution in [-0.4, -0.2) is 36.6 Å². The summed E-state index contributed by atoms with van der Waals surface area (Å²) in [5.41, 5.74) is -0.387. The van der Waals surface area contributed by atoms with Crippen LogP contribution in [0.25, 0.3) is 0 Å². The Bertz CT molecular complexity index is 553. The third-order valence-corrected chi connectivity index (χ3v) is 4.56. The molecule has 0 spiro atoms. The highest BCUT2D eigenvalue weighted by molar-refractivity contribution is 5.79. The Morgan fingerprint density at radius 3 is 2.50 bits per heavy atom. The lowest BCUT2D eigenvalue weighted by Gasteiger charge is -2.33. The second kappa shape index (κ2) is 8.01. The number of hydrogen-bond donors (Lipinski definition) is 0. The molecule has 1 saturated heterocycles. The molecule has 1 aromatic carbocycles. The van der Waals surface area contributed by atoms with Gasteiger partial charge in [-0.1, -0.05) is 18.2 Å². The molecule has 1 amide bonds. The van der Waals surface area contributed by atoms with Crippen molar-refractivity contribution >= 4 is 5.91 Å². The molecule has 6 heteroatoms.